The van der Waals surface area contributed by atoms with Crippen LogP contribution in [-0.4, -0.2) is 21.4 Å². The molecule has 7 nitrogen and oxygen atoms in total. The van der Waals surface area contributed by atoms with Crippen molar-refractivity contribution in [2.45, 2.75) is 52.0 Å². The smallest absolute Gasteiger partial charge is 0.261 e. The molecule has 160 valence electrons. The summed E-state index contributed by atoms with van der Waals surface area (Å²) >= 11 is 0. The molecule has 0 spiro atoms. The predicted octanol–water partition coefficient (Wildman–Crippen LogP) is 4.11. The van der Waals surface area contributed by atoms with Crippen LogP contribution in [0.3, 0.4) is 0 Å². The van der Waals surface area contributed by atoms with Crippen LogP contribution in [0.5, 0.6) is 0 Å². The van der Waals surface area contributed by atoms with Gasteiger partial charge in [-0.1, -0.05) is 19.8 Å². The summed E-state index contributed by atoms with van der Waals surface area (Å²) in [6, 6.07) is 12.0. The van der Waals surface area contributed by atoms with Crippen LogP contribution in [0.15, 0.2) is 47.3 Å². The van der Waals surface area contributed by atoms with Crippen molar-refractivity contribution >= 4 is 34.1 Å². The summed E-state index contributed by atoms with van der Waals surface area (Å²) in [5.41, 5.74) is 2.27. The zero-order chi connectivity index (χ0) is 21.8. The predicted molar refractivity (Wildman–Crippen MR) is 121 cm³/mol. The number of aromatic nitrogens is 2. The third-order valence-corrected chi connectivity index (χ3v) is 5.58. The third-order valence-electron chi connectivity index (χ3n) is 5.58. The second-order valence-electron chi connectivity index (χ2n) is 7.81. The number of benzene rings is 2. The molecule has 3 aromatic rings. The lowest BCUT2D eigenvalue weighted by atomic mass is 10.1. The number of anilines is 2. The summed E-state index contributed by atoms with van der Waals surface area (Å²) in [5.74, 6) is 0.463. The number of aryl methyl sites for hydroxylation is 1. The Bertz CT molecular complexity index is 1180. The zero-order valence-electron chi connectivity index (χ0n) is 17.6. The fraction of sp³-hybridized carbons (Fsp3) is 0.333. The molecule has 0 aliphatic carbocycles. The van der Waals surface area contributed by atoms with Gasteiger partial charge < -0.3 is 10.6 Å². The number of carbonyl (C=O) groups is 2. The van der Waals surface area contributed by atoms with E-state index in [0.717, 1.165) is 37.9 Å². The van der Waals surface area contributed by atoms with Crippen LogP contribution in [0.25, 0.3) is 10.9 Å². The van der Waals surface area contributed by atoms with Crippen molar-refractivity contribution in [1.82, 2.24) is 9.55 Å². The molecule has 0 unspecified atom stereocenters. The van der Waals surface area contributed by atoms with E-state index in [1.807, 2.05) is 0 Å². The van der Waals surface area contributed by atoms with Gasteiger partial charge in [-0.2, -0.15) is 0 Å². The van der Waals surface area contributed by atoms with Gasteiger partial charge in [0.05, 0.1) is 10.9 Å². The van der Waals surface area contributed by atoms with Gasteiger partial charge >= 0.3 is 0 Å². The lowest BCUT2D eigenvalue weighted by Gasteiger charge is -2.16. The molecule has 0 saturated heterocycles. The maximum Gasteiger partial charge on any atom is 0.261 e. The van der Waals surface area contributed by atoms with Gasteiger partial charge in [0.2, 0.25) is 5.91 Å². The van der Waals surface area contributed by atoms with Crippen molar-refractivity contribution in [1.29, 1.82) is 0 Å². The molecule has 4 rings (SSSR count). The number of rotatable bonds is 4. The van der Waals surface area contributed by atoms with Gasteiger partial charge in [-0.05, 0) is 55.3 Å². The van der Waals surface area contributed by atoms with Crippen LogP contribution in [-0.2, 0) is 17.8 Å². The number of hydrogen-bond donors (Lipinski definition) is 2. The average molecular weight is 418 g/mol. The summed E-state index contributed by atoms with van der Waals surface area (Å²) in [6.45, 7) is 2.49. The summed E-state index contributed by atoms with van der Waals surface area (Å²) in [4.78, 5) is 41.9. The van der Waals surface area contributed by atoms with Crippen molar-refractivity contribution in [2.24, 2.45) is 0 Å². The van der Waals surface area contributed by atoms with Crippen molar-refractivity contribution in [3.8, 4) is 0 Å². The van der Waals surface area contributed by atoms with E-state index in [9.17, 15) is 14.4 Å². The quantitative estimate of drug-likeness (QED) is 0.667. The second kappa shape index (κ2) is 9.12. The highest BCUT2D eigenvalue weighted by molar-refractivity contribution is 6.06. The van der Waals surface area contributed by atoms with Crippen molar-refractivity contribution in [3.63, 3.8) is 0 Å². The molecule has 2 N–H and O–H groups in total. The van der Waals surface area contributed by atoms with Crippen molar-refractivity contribution in [2.75, 3.05) is 10.6 Å². The molecular weight excluding hydrogens is 392 g/mol. The van der Waals surface area contributed by atoms with E-state index in [1.54, 1.807) is 54.0 Å². The SMILES string of the molecule is CCC(=O)Nc1ccc(NC(=O)c2ccc3c(=O)n4c(nc3c2)CCCCCC4)cc1. The van der Waals surface area contributed by atoms with E-state index >= 15 is 0 Å². The first-order chi connectivity index (χ1) is 15.0. The van der Waals surface area contributed by atoms with Crippen molar-refractivity contribution in [3.05, 3.63) is 64.2 Å². The molecule has 0 saturated carbocycles. The molecule has 2 amide bonds. The zero-order valence-corrected chi connectivity index (χ0v) is 17.6. The summed E-state index contributed by atoms with van der Waals surface area (Å²) < 4.78 is 1.79. The molecule has 1 aliphatic rings. The molecule has 7 heteroatoms. The lowest BCUT2D eigenvalue weighted by molar-refractivity contribution is -0.115. The Morgan fingerprint density at radius 2 is 1.68 bits per heavy atom. The first-order valence-corrected chi connectivity index (χ1v) is 10.8. The molecule has 2 aromatic carbocycles. The van der Waals surface area contributed by atoms with Crippen LogP contribution in [0.4, 0.5) is 11.4 Å². The van der Waals surface area contributed by atoms with Gasteiger partial charge in [-0.25, -0.2) is 4.98 Å². The Balaban J connectivity index is 1.56. The fourth-order valence-electron chi connectivity index (χ4n) is 3.83. The Labute approximate surface area is 180 Å². The maximum absolute atomic E-state index is 12.9. The van der Waals surface area contributed by atoms with Crippen LogP contribution in [0.1, 0.15) is 55.2 Å². The van der Waals surface area contributed by atoms with Crippen LogP contribution >= 0.6 is 0 Å². The number of amides is 2. The normalized spacial score (nSPS) is 13.7. The van der Waals surface area contributed by atoms with E-state index in [-0.39, 0.29) is 17.4 Å². The summed E-state index contributed by atoms with van der Waals surface area (Å²) in [5, 5.41) is 6.16. The highest BCUT2D eigenvalue weighted by atomic mass is 16.2. The third kappa shape index (κ3) is 4.66. The first kappa shape index (κ1) is 20.8. The molecule has 0 radical (unpaired) electrons. The van der Waals surface area contributed by atoms with Gasteiger partial charge in [0.15, 0.2) is 0 Å². The second-order valence-corrected chi connectivity index (χ2v) is 7.81. The number of nitrogens with zero attached hydrogens (tertiary/aromatic N) is 2. The van der Waals surface area contributed by atoms with E-state index < -0.39 is 0 Å². The highest BCUT2D eigenvalue weighted by Gasteiger charge is 2.15. The maximum atomic E-state index is 12.9. The number of nitrogens with one attached hydrogen (secondary N) is 2. The largest absolute Gasteiger partial charge is 0.326 e. The van der Waals surface area contributed by atoms with E-state index in [4.69, 9.17) is 4.98 Å². The molecule has 0 fully saturated rings. The van der Waals surface area contributed by atoms with Crippen LogP contribution < -0.4 is 16.2 Å². The van der Waals surface area contributed by atoms with Crippen molar-refractivity contribution < 1.29 is 9.59 Å². The fourth-order valence-corrected chi connectivity index (χ4v) is 3.83. The van der Waals surface area contributed by atoms with Crippen LogP contribution in [0, 0.1) is 0 Å². The Morgan fingerprint density at radius 3 is 2.42 bits per heavy atom. The Kier molecular flexibility index (Phi) is 6.11. The molecule has 1 aliphatic heterocycles. The van der Waals surface area contributed by atoms with E-state index in [2.05, 4.69) is 10.6 Å². The van der Waals surface area contributed by atoms with Gasteiger partial charge in [0.25, 0.3) is 11.5 Å². The number of carbonyl (C=O) groups excluding carboxylic acids is 2. The highest BCUT2D eigenvalue weighted by Crippen LogP contribution is 2.18. The lowest BCUT2D eigenvalue weighted by Crippen LogP contribution is -2.26. The molecule has 1 aromatic heterocycles. The minimum Gasteiger partial charge on any atom is -0.326 e. The molecule has 31 heavy (non-hydrogen) atoms. The van der Waals surface area contributed by atoms with E-state index in [0.29, 0.717) is 40.8 Å². The van der Waals surface area contributed by atoms with Gasteiger partial charge in [-0.3, -0.25) is 19.0 Å². The summed E-state index contributed by atoms with van der Waals surface area (Å²) in [6.07, 6.45) is 5.48. The first-order valence-electron chi connectivity index (χ1n) is 10.8. The van der Waals surface area contributed by atoms with Gasteiger partial charge in [-0.15, -0.1) is 0 Å². The Morgan fingerprint density at radius 1 is 0.968 bits per heavy atom. The topological polar surface area (TPSA) is 93.1 Å². The Hall–Kier alpha value is -3.48. The standard InChI is InChI=1S/C24H26N4O3/c1-2-22(29)25-17-9-11-18(12-10-17)26-23(30)16-8-13-19-20(15-16)27-21-7-5-3-4-6-14-28(21)24(19)31/h8-13,15H,2-7,14H2,1H3,(H,25,29)(H,26,30). The van der Waals surface area contributed by atoms with Gasteiger partial charge in [0, 0.05) is 36.3 Å². The summed E-state index contributed by atoms with van der Waals surface area (Å²) in [7, 11) is 0. The number of fused-ring (bicyclic) bond motifs is 2. The molecule has 0 atom stereocenters. The minimum absolute atomic E-state index is 0.0291. The monoisotopic (exact) mass is 418 g/mol. The molecule has 0 bridgehead atoms. The molecule has 2 heterocycles. The minimum atomic E-state index is -0.277. The van der Waals surface area contributed by atoms with E-state index in [1.165, 1.54) is 0 Å². The van der Waals surface area contributed by atoms with Crippen LogP contribution in [0.2, 0.25) is 0 Å². The van der Waals surface area contributed by atoms with Gasteiger partial charge in [0.1, 0.15) is 5.82 Å². The average Bonchev–Trinajstić information content (AvgIpc) is 2.76. The molecular formula is C24H26N4O3. The number of hydrogen-bond acceptors (Lipinski definition) is 4.